The molecule has 0 saturated heterocycles. The maximum absolute atomic E-state index is 12.6. The van der Waals surface area contributed by atoms with Crippen LogP contribution in [0, 0.1) is 0 Å². The van der Waals surface area contributed by atoms with Gasteiger partial charge in [-0.3, -0.25) is 4.79 Å². The van der Waals surface area contributed by atoms with Gasteiger partial charge in [0.2, 0.25) is 5.78 Å². The van der Waals surface area contributed by atoms with Crippen molar-refractivity contribution < 1.29 is 23.8 Å². The summed E-state index contributed by atoms with van der Waals surface area (Å²) in [5.41, 5.74) is 2.92. The molecule has 3 aromatic carbocycles. The van der Waals surface area contributed by atoms with Gasteiger partial charge in [0.15, 0.2) is 5.76 Å². The average molecular weight is 443 g/mol. The lowest BCUT2D eigenvalue weighted by molar-refractivity contribution is 0.0734. The fourth-order valence-electron chi connectivity index (χ4n) is 3.48. The molecule has 0 amide bonds. The maximum atomic E-state index is 12.6. The predicted octanol–water partition coefficient (Wildman–Crippen LogP) is 6.22. The number of benzene rings is 3. The molecular weight excluding hydrogens is 416 g/mol. The van der Waals surface area contributed by atoms with E-state index in [1.165, 1.54) is 0 Å². The van der Waals surface area contributed by atoms with Gasteiger partial charge in [-0.15, -0.1) is 0 Å². The number of esters is 1. The molecule has 168 valence electrons. The van der Waals surface area contributed by atoms with Crippen molar-refractivity contribution >= 4 is 17.8 Å². The Morgan fingerprint density at radius 3 is 2.24 bits per heavy atom. The Hall–Kier alpha value is -3.86. The van der Waals surface area contributed by atoms with Gasteiger partial charge >= 0.3 is 5.97 Å². The summed E-state index contributed by atoms with van der Waals surface area (Å²) in [5, 5.41) is 0. The van der Waals surface area contributed by atoms with Gasteiger partial charge in [0.25, 0.3) is 0 Å². The number of ether oxygens (including phenoxy) is 3. The van der Waals surface area contributed by atoms with Gasteiger partial charge in [-0.1, -0.05) is 45.0 Å². The molecule has 33 heavy (non-hydrogen) atoms. The number of rotatable bonds is 5. The van der Waals surface area contributed by atoms with Crippen molar-refractivity contribution in [2.24, 2.45) is 0 Å². The van der Waals surface area contributed by atoms with Crippen LogP contribution in [0.4, 0.5) is 0 Å². The van der Waals surface area contributed by atoms with Crippen LogP contribution in [-0.4, -0.2) is 18.4 Å². The number of Topliss-reactive ketones (excluding diaryl/α,β-unsaturated/α-hetero) is 1. The largest absolute Gasteiger partial charge is 0.494 e. The van der Waals surface area contributed by atoms with Crippen LogP contribution < -0.4 is 14.2 Å². The van der Waals surface area contributed by atoms with E-state index in [0.29, 0.717) is 35.0 Å². The van der Waals surface area contributed by atoms with E-state index in [4.69, 9.17) is 14.2 Å². The third-order valence-corrected chi connectivity index (χ3v) is 5.33. The third kappa shape index (κ3) is 4.98. The van der Waals surface area contributed by atoms with E-state index < -0.39 is 5.97 Å². The number of carbonyl (C=O) groups excluding carboxylic acids is 2. The van der Waals surface area contributed by atoms with Crippen LogP contribution >= 0.6 is 0 Å². The Bertz CT molecular complexity index is 1210. The molecule has 1 aliphatic rings. The first-order valence-electron chi connectivity index (χ1n) is 10.9. The zero-order valence-electron chi connectivity index (χ0n) is 19.2. The molecule has 0 bridgehead atoms. The van der Waals surface area contributed by atoms with Gasteiger partial charge in [0.05, 0.1) is 17.7 Å². The summed E-state index contributed by atoms with van der Waals surface area (Å²) in [5.74, 6) is 1.20. The van der Waals surface area contributed by atoms with E-state index in [1.54, 1.807) is 60.7 Å². The van der Waals surface area contributed by atoms with Crippen molar-refractivity contribution in [2.75, 3.05) is 6.61 Å². The van der Waals surface area contributed by atoms with Crippen LogP contribution in [0.5, 0.6) is 17.2 Å². The normalized spacial score (nSPS) is 14.1. The summed E-state index contributed by atoms with van der Waals surface area (Å²) in [6, 6.07) is 19.5. The standard InChI is InChI=1S/C28H26O5/c1-5-31-22-14-15-23-24(17-22)33-25(26(23)29)16-18-6-12-21(13-7-18)32-27(30)19-8-10-20(11-9-19)28(2,3)4/h6-17H,5H2,1-4H3/b25-16-. The number of carbonyl (C=O) groups is 2. The quantitative estimate of drug-likeness (QED) is 0.267. The highest BCUT2D eigenvalue weighted by Crippen LogP contribution is 2.35. The molecule has 0 N–H and O–H groups in total. The molecular formula is C28H26O5. The van der Waals surface area contributed by atoms with Crippen molar-refractivity contribution in [3.05, 3.63) is 94.7 Å². The van der Waals surface area contributed by atoms with Gasteiger partial charge in [0, 0.05) is 6.07 Å². The highest BCUT2D eigenvalue weighted by atomic mass is 16.5. The number of hydrogen-bond acceptors (Lipinski definition) is 5. The first kappa shape index (κ1) is 22.3. The topological polar surface area (TPSA) is 61.8 Å². The van der Waals surface area contributed by atoms with E-state index in [2.05, 4.69) is 20.8 Å². The molecule has 0 aliphatic carbocycles. The van der Waals surface area contributed by atoms with Crippen molar-refractivity contribution in [3.8, 4) is 17.2 Å². The Labute approximate surface area is 193 Å². The van der Waals surface area contributed by atoms with E-state index >= 15 is 0 Å². The SMILES string of the molecule is CCOc1ccc2c(c1)O/C(=C\c1ccc(OC(=O)c3ccc(C(C)(C)C)cc3)cc1)C2=O. The molecule has 3 aromatic rings. The van der Waals surface area contributed by atoms with Crippen molar-refractivity contribution in [3.63, 3.8) is 0 Å². The van der Waals surface area contributed by atoms with Crippen LogP contribution in [0.15, 0.2) is 72.5 Å². The van der Waals surface area contributed by atoms with E-state index in [0.717, 1.165) is 11.1 Å². The summed E-state index contributed by atoms with van der Waals surface area (Å²) in [6.07, 6.45) is 1.67. The summed E-state index contributed by atoms with van der Waals surface area (Å²) < 4.78 is 16.7. The average Bonchev–Trinajstić information content (AvgIpc) is 3.09. The highest BCUT2D eigenvalue weighted by molar-refractivity contribution is 6.14. The molecule has 1 heterocycles. The Balaban J connectivity index is 1.43. The molecule has 0 aromatic heterocycles. The summed E-state index contributed by atoms with van der Waals surface area (Å²) in [6.45, 7) is 8.80. The number of hydrogen-bond donors (Lipinski definition) is 0. The van der Waals surface area contributed by atoms with Crippen molar-refractivity contribution in [1.82, 2.24) is 0 Å². The van der Waals surface area contributed by atoms with Crippen molar-refractivity contribution in [2.45, 2.75) is 33.1 Å². The fraction of sp³-hybridized carbons (Fsp3) is 0.214. The Morgan fingerprint density at radius 2 is 1.61 bits per heavy atom. The lowest BCUT2D eigenvalue weighted by Gasteiger charge is -2.18. The molecule has 5 nitrogen and oxygen atoms in total. The summed E-state index contributed by atoms with van der Waals surface area (Å²) in [7, 11) is 0. The Kier molecular flexibility index (Phi) is 6.05. The molecule has 0 radical (unpaired) electrons. The molecule has 0 saturated carbocycles. The number of ketones is 1. The van der Waals surface area contributed by atoms with E-state index in [9.17, 15) is 9.59 Å². The lowest BCUT2D eigenvalue weighted by Crippen LogP contribution is -2.12. The zero-order valence-corrected chi connectivity index (χ0v) is 19.2. The Morgan fingerprint density at radius 1 is 0.939 bits per heavy atom. The van der Waals surface area contributed by atoms with Crippen molar-refractivity contribution in [1.29, 1.82) is 0 Å². The van der Waals surface area contributed by atoms with Crippen LogP contribution in [0.3, 0.4) is 0 Å². The van der Waals surface area contributed by atoms with Gasteiger partial charge in [-0.25, -0.2) is 4.79 Å². The highest BCUT2D eigenvalue weighted by Gasteiger charge is 2.27. The predicted molar refractivity (Wildman–Crippen MR) is 127 cm³/mol. The first-order chi connectivity index (χ1) is 15.7. The monoisotopic (exact) mass is 442 g/mol. The zero-order chi connectivity index (χ0) is 23.6. The minimum Gasteiger partial charge on any atom is -0.494 e. The summed E-state index contributed by atoms with van der Waals surface area (Å²) >= 11 is 0. The van der Waals surface area contributed by atoms with E-state index in [-0.39, 0.29) is 17.0 Å². The van der Waals surface area contributed by atoms with Crippen LogP contribution in [0.25, 0.3) is 6.08 Å². The third-order valence-electron chi connectivity index (χ3n) is 5.33. The first-order valence-corrected chi connectivity index (χ1v) is 10.9. The molecule has 0 fully saturated rings. The second-order valence-corrected chi connectivity index (χ2v) is 8.82. The molecule has 4 rings (SSSR count). The smallest absolute Gasteiger partial charge is 0.343 e. The van der Waals surface area contributed by atoms with E-state index in [1.807, 2.05) is 19.1 Å². The van der Waals surface area contributed by atoms with Crippen LogP contribution in [0.2, 0.25) is 0 Å². The van der Waals surface area contributed by atoms with Gasteiger partial charge in [-0.2, -0.15) is 0 Å². The minimum absolute atomic E-state index is 0.0180. The van der Waals surface area contributed by atoms with Gasteiger partial charge in [-0.05, 0) is 65.9 Å². The summed E-state index contributed by atoms with van der Waals surface area (Å²) in [4.78, 5) is 25.1. The lowest BCUT2D eigenvalue weighted by atomic mass is 9.87. The molecule has 1 aliphatic heterocycles. The number of fused-ring (bicyclic) bond motifs is 1. The molecule has 0 unspecified atom stereocenters. The molecule has 0 atom stereocenters. The maximum Gasteiger partial charge on any atom is 0.343 e. The minimum atomic E-state index is -0.420. The fourth-order valence-corrected chi connectivity index (χ4v) is 3.48. The number of allylic oxidation sites excluding steroid dienone is 1. The second-order valence-electron chi connectivity index (χ2n) is 8.82. The molecule has 5 heteroatoms. The van der Waals surface area contributed by atoms with Crippen LogP contribution in [0.1, 0.15) is 59.5 Å². The molecule has 0 spiro atoms. The second kappa shape index (κ2) is 8.94. The van der Waals surface area contributed by atoms with Gasteiger partial charge in [0.1, 0.15) is 17.2 Å². The van der Waals surface area contributed by atoms with Gasteiger partial charge < -0.3 is 14.2 Å². The van der Waals surface area contributed by atoms with Crippen LogP contribution in [-0.2, 0) is 5.41 Å².